The van der Waals surface area contributed by atoms with Crippen LogP contribution in [-0.4, -0.2) is 138 Å². The molecule has 0 radical (unpaired) electrons. The number of ketones is 1. The summed E-state index contributed by atoms with van der Waals surface area (Å²) in [4.78, 5) is 26.4. The van der Waals surface area contributed by atoms with Crippen molar-refractivity contribution in [3.63, 3.8) is 0 Å². The molecule has 0 fully saturated rings. The fraction of sp³-hybridized carbons (Fsp3) is 0.667. The number of carbonyl (C=O) groups is 2. The van der Waals surface area contributed by atoms with Crippen LogP contribution < -0.4 is 15.4 Å². The normalized spacial score (nSPS) is 14.3. The number of fused-ring (bicyclic) bond motifs is 1. The number of benzene rings is 2. The number of hydrogen-bond acceptors (Lipinski definition) is 11. The van der Waals surface area contributed by atoms with Gasteiger partial charge in [0.15, 0.2) is 0 Å². The summed E-state index contributed by atoms with van der Waals surface area (Å²) in [5.41, 5.74) is 3.09. The molecule has 17 heteroatoms. The Hall–Kier alpha value is -2.41. The topological polar surface area (TPSA) is 163 Å². The highest BCUT2D eigenvalue weighted by atomic mass is 35.5. The molecule has 3 N–H and O–H groups in total. The number of carbonyl (C=O) groups excluding carboxylic acids is 2. The van der Waals surface area contributed by atoms with Crippen LogP contribution in [-0.2, 0) is 49.8 Å². The Kier molecular flexibility index (Phi) is 26.4. The van der Waals surface area contributed by atoms with E-state index >= 15 is 0 Å². The molecule has 14 nitrogen and oxygen atoms in total. The zero-order valence-corrected chi connectivity index (χ0v) is 37.2. The van der Waals surface area contributed by atoms with Crippen molar-refractivity contribution in [1.82, 2.24) is 20.3 Å². The molecule has 0 spiro atoms. The average molecular weight is 890 g/mol. The smallest absolute Gasteiger partial charge is 0.314 e. The van der Waals surface area contributed by atoms with Gasteiger partial charge in [0.05, 0.1) is 71.0 Å². The molecule has 0 bridgehead atoms. The minimum Gasteiger partial charge on any atom is -0.379 e. The Balaban J connectivity index is 1.08. The van der Waals surface area contributed by atoms with Gasteiger partial charge in [0, 0.05) is 74.7 Å². The summed E-state index contributed by atoms with van der Waals surface area (Å²) in [7, 11) is -1.68. The molecule has 1 aliphatic heterocycles. The summed E-state index contributed by atoms with van der Waals surface area (Å²) in [6, 6.07) is 10.3. The number of likely N-dealkylation sites (N-methyl/N-ethyl adjacent to an activating group) is 1. The van der Waals surface area contributed by atoms with Gasteiger partial charge in [-0.2, -0.15) is 0 Å². The molecule has 1 heterocycles. The zero-order valence-electron chi connectivity index (χ0n) is 34.9. The number of unbranched alkanes of at least 4 members (excludes halogenated alkanes) is 3. The number of urea groups is 1. The predicted molar refractivity (Wildman–Crippen MR) is 230 cm³/mol. The number of hydrogen-bond donors (Lipinski definition) is 3. The second-order valence-corrected chi connectivity index (χ2v) is 16.9. The summed E-state index contributed by atoms with van der Waals surface area (Å²) in [6.45, 7) is 10.1. The van der Waals surface area contributed by atoms with Crippen LogP contribution in [0.25, 0.3) is 0 Å². The van der Waals surface area contributed by atoms with Crippen LogP contribution in [0.5, 0.6) is 0 Å². The number of nitrogens with zero attached hydrogens (tertiary/aromatic N) is 1. The third-order valence-electron chi connectivity index (χ3n) is 9.45. The lowest BCUT2D eigenvalue weighted by atomic mass is 9.85. The molecule has 0 aromatic heterocycles. The van der Waals surface area contributed by atoms with E-state index in [-0.39, 0.29) is 35.8 Å². The van der Waals surface area contributed by atoms with Gasteiger partial charge in [-0.15, -0.1) is 0 Å². The first kappa shape index (κ1) is 50.9. The van der Waals surface area contributed by atoms with Crippen LogP contribution in [0.1, 0.15) is 80.9 Å². The average Bonchev–Trinajstić information content (AvgIpc) is 3.21. The number of nitrogens with one attached hydrogen (secondary N) is 3. The van der Waals surface area contributed by atoms with Gasteiger partial charge in [-0.25, -0.2) is 17.9 Å². The van der Waals surface area contributed by atoms with Crippen molar-refractivity contribution >= 4 is 45.0 Å². The lowest BCUT2D eigenvalue weighted by molar-refractivity contribution is -0.119. The summed E-state index contributed by atoms with van der Waals surface area (Å²) in [5.74, 6) is 0.260. The quantitative estimate of drug-likeness (QED) is 0.0712. The summed E-state index contributed by atoms with van der Waals surface area (Å²) in [5, 5.41) is 6.78. The molecule has 334 valence electrons. The number of halogens is 2. The molecule has 2 aromatic carbocycles. The molecular weight excluding hydrogens is 823 g/mol. The van der Waals surface area contributed by atoms with Gasteiger partial charge < -0.3 is 44.0 Å². The zero-order chi connectivity index (χ0) is 42.6. The molecular formula is C42H66Cl2N4O10S. The molecule has 59 heavy (non-hydrogen) atoms. The highest BCUT2D eigenvalue weighted by molar-refractivity contribution is 7.89. The Labute approximate surface area is 361 Å². The van der Waals surface area contributed by atoms with E-state index in [0.717, 1.165) is 68.5 Å². The molecule has 1 aliphatic rings. The maximum atomic E-state index is 12.9. The molecule has 0 saturated heterocycles. The number of amides is 2. The molecule has 2 amide bonds. The van der Waals surface area contributed by atoms with Crippen LogP contribution in [0.2, 0.25) is 10.0 Å². The number of sulfonamides is 1. The molecule has 2 aromatic rings. The monoisotopic (exact) mass is 888 g/mol. The molecule has 0 saturated carbocycles. The van der Waals surface area contributed by atoms with E-state index in [1.54, 1.807) is 18.2 Å². The maximum Gasteiger partial charge on any atom is 0.314 e. The van der Waals surface area contributed by atoms with Crippen LogP contribution in [0.4, 0.5) is 4.79 Å². The van der Waals surface area contributed by atoms with E-state index in [1.807, 2.05) is 25.2 Å². The van der Waals surface area contributed by atoms with Crippen molar-refractivity contribution < 1.29 is 46.4 Å². The van der Waals surface area contributed by atoms with Gasteiger partial charge >= 0.3 is 6.03 Å². The van der Waals surface area contributed by atoms with Gasteiger partial charge in [0.1, 0.15) is 5.78 Å². The summed E-state index contributed by atoms with van der Waals surface area (Å²) in [6.07, 6.45) is 6.46. The van der Waals surface area contributed by atoms with E-state index in [2.05, 4.69) is 27.2 Å². The van der Waals surface area contributed by atoms with E-state index in [4.69, 9.17) is 51.6 Å². The van der Waals surface area contributed by atoms with Gasteiger partial charge in [-0.1, -0.05) is 55.1 Å². The first-order valence-corrected chi connectivity index (χ1v) is 23.1. The first-order valence-electron chi connectivity index (χ1n) is 20.9. The van der Waals surface area contributed by atoms with E-state index in [9.17, 15) is 18.0 Å². The first-order chi connectivity index (χ1) is 28.6. The second kappa shape index (κ2) is 30.6. The lowest BCUT2D eigenvalue weighted by Crippen LogP contribution is -2.37. The fourth-order valence-electron chi connectivity index (χ4n) is 6.29. The highest BCUT2D eigenvalue weighted by Crippen LogP contribution is 2.38. The van der Waals surface area contributed by atoms with Crippen molar-refractivity contribution in [2.24, 2.45) is 0 Å². The lowest BCUT2D eigenvalue weighted by Gasteiger charge is -2.33. The SMILES string of the molecule is CCCCOCCOCCOCCCC(=O)CCCCCNC(=O)NCCOCCOCCOCCNS(=O)(=O)c1ccc([C@@H]2CN(C)Cc3c(Cl)cc(Cl)cc32)cc1. The van der Waals surface area contributed by atoms with Crippen molar-refractivity contribution in [3.8, 4) is 0 Å². The number of Topliss-reactive ketones (excluding diaryl/α,β-unsaturated/α-hetero) is 1. The highest BCUT2D eigenvalue weighted by Gasteiger charge is 2.27. The maximum absolute atomic E-state index is 12.9. The van der Waals surface area contributed by atoms with Crippen LogP contribution >= 0.6 is 23.2 Å². The Bertz CT molecular complexity index is 1590. The Morgan fingerprint density at radius 1 is 0.695 bits per heavy atom. The molecule has 0 unspecified atom stereocenters. The third-order valence-corrected chi connectivity index (χ3v) is 11.5. The summed E-state index contributed by atoms with van der Waals surface area (Å²) >= 11 is 12.8. The Morgan fingerprint density at radius 2 is 1.25 bits per heavy atom. The van der Waals surface area contributed by atoms with E-state index < -0.39 is 10.0 Å². The Morgan fingerprint density at radius 3 is 1.90 bits per heavy atom. The van der Waals surface area contributed by atoms with Gasteiger partial charge in [0.2, 0.25) is 10.0 Å². The molecule has 3 rings (SSSR count). The predicted octanol–water partition coefficient (Wildman–Crippen LogP) is 5.96. The second-order valence-electron chi connectivity index (χ2n) is 14.3. The van der Waals surface area contributed by atoms with Crippen LogP contribution in [0, 0.1) is 0 Å². The van der Waals surface area contributed by atoms with Crippen molar-refractivity contribution in [2.45, 2.75) is 75.6 Å². The van der Waals surface area contributed by atoms with Crippen LogP contribution in [0.15, 0.2) is 41.3 Å². The standard InChI is InChI=1S/C42H66Cl2N4O10S/c1-3-4-18-53-22-26-57-27-23-54-19-8-10-36(49)9-6-5-7-15-45-42(50)46-16-20-55-24-28-58-29-25-56-21-17-47-59(51,52)37-13-11-34(12-14-37)39-32-48(2)33-40-38(39)30-35(43)31-41(40)44/h11-14,30-31,39,47H,3-10,15-29,32-33H2,1-2H3,(H2,45,46,50)/t39-/m0/s1. The number of rotatable bonds is 34. The van der Waals surface area contributed by atoms with Gasteiger partial charge in [0.25, 0.3) is 0 Å². The minimum absolute atomic E-state index is 0.0197. The van der Waals surface area contributed by atoms with E-state index in [0.29, 0.717) is 108 Å². The molecule has 0 aliphatic carbocycles. The van der Waals surface area contributed by atoms with Crippen molar-refractivity contribution in [2.75, 3.05) is 113 Å². The molecule has 1 atom stereocenters. The van der Waals surface area contributed by atoms with Crippen LogP contribution in [0.3, 0.4) is 0 Å². The van der Waals surface area contributed by atoms with Crippen molar-refractivity contribution in [3.05, 3.63) is 63.1 Å². The summed E-state index contributed by atoms with van der Waals surface area (Å²) < 4.78 is 61.2. The largest absolute Gasteiger partial charge is 0.379 e. The number of ether oxygens (including phenoxy) is 6. The van der Waals surface area contributed by atoms with Crippen molar-refractivity contribution in [1.29, 1.82) is 0 Å². The third kappa shape index (κ3) is 21.8. The van der Waals surface area contributed by atoms with Gasteiger partial charge in [-0.3, -0.25) is 4.79 Å². The van der Waals surface area contributed by atoms with Gasteiger partial charge in [-0.05, 0) is 73.7 Å². The van der Waals surface area contributed by atoms with E-state index in [1.165, 1.54) is 0 Å². The fourth-order valence-corrected chi connectivity index (χ4v) is 7.88. The minimum atomic E-state index is -3.71.